The quantitative estimate of drug-likeness (QED) is 0.318. The molecule has 0 N–H and O–H groups in total. The maximum Gasteiger partial charge on any atom is -0.0527 e. The van der Waals surface area contributed by atoms with Crippen molar-refractivity contribution < 1.29 is 20.9 Å². The normalized spacial score (nSPS) is 23.7. The molecular weight excluding hydrogens is 359 g/mol. The van der Waals surface area contributed by atoms with Crippen LogP contribution >= 0.6 is 0 Å². The molecule has 0 aliphatic heterocycles. The third-order valence-electron chi connectivity index (χ3n) is 4.00. The second-order valence-electron chi connectivity index (χ2n) is 7.57. The van der Waals surface area contributed by atoms with Gasteiger partial charge in [0.25, 0.3) is 0 Å². The van der Waals surface area contributed by atoms with E-state index in [-0.39, 0.29) is 5.54 Å². The molecule has 2 rings (SSSR count). The first-order valence-electron chi connectivity index (χ1n) is 9.59. The summed E-state index contributed by atoms with van der Waals surface area (Å²) in [5, 5.41) is 0. The SMILES string of the molecule is CC(C)(C)[N]=[Nb].CCC1C[CH-]CC(C)C1.[CH-]1CCCCC1.[CH2-]C. The van der Waals surface area contributed by atoms with Gasteiger partial charge < -0.3 is 19.8 Å². The number of nitrogens with zero attached hydrogens (tertiary/aromatic N) is 1. The molecule has 0 saturated heterocycles. The van der Waals surface area contributed by atoms with Gasteiger partial charge in [-0.25, -0.2) is 0 Å². The minimum atomic E-state index is 0.189. The van der Waals surface area contributed by atoms with Gasteiger partial charge in [0, 0.05) is 0 Å². The molecule has 0 aromatic heterocycles. The molecule has 2 saturated carbocycles. The van der Waals surface area contributed by atoms with Crippen LogP contribution in [0, 0.1) is 31.6 Å². The van der Waals surface area contributed by atoms with E-state index in [1.165, 1.54) is 78.7 Å². The van der Waals surface area contributed by atoms with Crippen molar-refractivity contribution in [2.24, 2.45) is 15.2 Å². The Kier molecular flexibility index (Phi) is 19.5. The van der Waals surface area contributed by atoms with Crippen molar-refractivity contribution in [3.63, 3.8) is 0 Å². The molecule has 0 aromatic carbocycles. The van der Waals surface area contributed by atoms with E-state index in [4.69, 9.17) is 0 Å². The second-order valence-corrected chi connectivity index (χ2v) is 8.06. The van der Waals surface area contributed by atoms with E-state index in [9.17, 15) is 0 Å². The van der Waals surface area contributed by atoms with Crippen LogP contribution < -0.4 is 0 Å². The summed E-state index contributed by atoms with van der Waals surface area (Å²) in [7, 11) is 0. The van der Waals surface area contributed by atoms with Crippen LogP contribution in [0.3, 0.4) is 0 Å². The molecule has 0 bridgehead atoms. The summed E-state index contributed by atoms with van der Waals surface area (Å²) in [6.45, 7) is 15.9. The maximum absolute atomic E-state index is 4.07. The van der Waals surface area contributed by atoms with Crippen molar-refractivity contribution in [2.45, 2.75) is 105 Å². The van der Waals surface area contributed by atoms with Crippen LogP contribution in [-0.2, 0) is 20.9 Å². The molecular formula is C21H42NNb-3. The van der Waals surface area contributed by atoms with Gasteiger partial charge in [0.2, 0.25) is 0 Å². The molecule has 2 heteroatoms. The van der Waals surface area contributed by atoms with E-state index in [2.05, 4.69) is 57.7 Å². The molecule has 2 fully saturated rings. The first-order valence-corrected chi connectivity index (χ1v) is 10.6. The average molecular weight is 401 g/mol. The Bertz CT molecular complexity index is 229. The van der Waals surface area contributed by atoms with Gasteiger partial charge in [-0.1, -0.05) is 57.8 Å². The second kappa shape index (κ2) is 17.4. The summed E-state index contributed by atoms with van der Waals surface area (Å²) in [5.74, 6) is 1.97. The molecule has 139 valence electrons. The van der Waals surface area contributed by atoms with Gasteiger partial charge in [-0.2, -0.15) is 32.6 Å². The topological polar surface area (TPSA) is 12.4 Å². The van der Waals surface area contributed by atoms with Crippen molar-refractivity contribution in [2.75, 3.05) is 0 Å². The zero-order valence-corrected chi connectivity index (χ0v) is 19.0. The van der Waals surface area contributed by atoms with E-state index >= 15 is 0 Å². The van der Waals surface area contributed by atoms with Crippen molar-refractivity contribution in [3.8, 4) is 0 Å². The summed E-state index contributed by atoms with van der Waals surface area (Å²) >= 11 is 1.52. The Hall–Kier alpha value is 0.540. The van der Waals surface area contributed by atoms with Crippen molar-refractivity contribution in [3.05, 3.63) is 19.8 Å². The third-order valence-corrected chi connectivity index (χ3v) is 5.47. The van der Waals surface area contributed by atoms with Crippen LogP contribution in [0.2, 0.25) is 0 Å². The summed E-state index contributed by atoms with van der Waals surface area (Å²) < 4.78 is 4.07. The van der Waals surface area contributed by atoms with Gasteiger partial charge in [-0.3, -0.25) is 0 Å². The van der Waals surface area contributed by atoms with Crippen LogP contribution in [0.15, 0.2) is 3.34 Å². The molecule has 0 amide bonds. The van der Waals surface area contributed by atoms with Crippen molar-refractivity contribution >= 4 is 0 Å². The molecule has 0 aromatic rings. The zero-order valence-electron chi connectivity index (χ0n) is 16.8. The Morgan fingerprint density at radius 3 is 1.78 bits per heavy atom. The van der Waals surface area contributed by atoms with E-state index in [1.54, 1.807) is 6.92 Å². The molecule has 2 atom stereocenters. The maximum atomic E-state index is 4.07. The van der Waals surface area contributed by atoms with Crippen LogP contribution in [-0.4, -0.2) is 5.54 Å². The first kappa shape index (κ1) is 25.8. The predicted molar refractivity (Wildman–Crippen MR) is 102 cm³/mol. The molecule has 0 heterocycles. The largest absolute Gasteiger partial charge is 0.346 e. The van der Waals surface area contributed by atoms with Crippen molar-refractivity contribution in [1.82, 2.24) is 0 Å². The zero-order chi connectivity index (χ0) is 18.1. The fourth-order valence-electron chi connectivity index (χ4n) is 2.61. The molecule has 0 radical (unpaired) electrons. The van der Waals surface area contributed by atoms with Gasteiger partial charge in [0.15, 0.2) is 0 Å². The molecule has 23 heavy (non-hydrogen) atoms. The Morgan fingerprint density at radius 2 is 1.57 bits per heavy atom. The minimum Gasteiger partial charge on any atom is -0.346 e. The Labute approximate surface area is 160 Å². The smallest absolute Gasteiger partial charge is 0.0527 e. The van der Waals surface area contributed by atoms with Crippen LogP contribution in [0.25, 0.3) is 0 Å². The fraction of sp³-hybridized carbons (Fsp3) is 0.857. The fourth-order valence-corrected chi connectivity index (χ4v) is 2.61. The molecule has 2 unspecified atom stereocenters. The van der Waals surface area contributed by atoms with Gasteiger partial charge in [0.1, 0.15) is 0 Å². The number of hydrogen-bond donors (Lipinski definition) is 0. The van der Waals surface area contributed by atoms with Crippen LogP contribution in [0.4, 0.5) is 0 Å². The summed E-state index contributed by atoms with van der Waals surface area (Å²) in [6, 6.07) is 0. The summed E-state index contributed by atoms with van der Waals surface area (Å²) in [5.41, 5.74) is 0.189. The Morgan fingerprint density at radius 1 is 1.04 bits per heavy atom. The molecule has 0 spiro atoms. The molecule has 2 aliphatic rings. The monoisotopic (exact) mass is 401 g/mol. The van der Waals surface area contributed by atoms with Crippen LogP contribution in [0.1, 0.15) is 99.3 Å². The van der Waals surface area contributed by atoms with E-state index in [0.29, 0.717) is 0 Å². The van der Waals surface area contributed by atoms with E-state index in [0.717, 1.165) is 11.8 Å². The van der Waals surface area contributed by atoms with E-state index < -0.39 is 0 Å². The number of rotatable bonds is 1. The van der Waals surface area contributed by atoms with Gasteiger partial charge in [-0.15, -0.1) is 0 Å². The third kappa shape index (κ3) is 20.5. The predicted octanol–water partition coefficient (Wildman–Crippen LogP) is 7.55. The Balaban J connectivity index is 0. The van der Waals surface area contributed by atoms with Gasteiger partial charge >= 0.3 is 50.5 Å². The molecule has 2 aliphatic carbocycles. The average Bonchev–Trinajstić information content (AvgIpc) is 2.59. The van der Waals surface area contributed by atoms with Crippen LogP contribution in [0.5, 0.6) is 0 Å². The van der Waals surface area contributed by atoms with E-state index in [1.807, 2.05) is 0 Å². The molecule has 1 nitrogen and oxygen atoms in total. The first-order chi connectivity index (χ1) is 10.9. The van der Waals surface area contributed by atoms with Gasteiger partial charge in [0.05, 0.1) is 0 Å². The summed E-state index contributed by atoms with van der Waals surface area (Å²) in [4.78, 5) is 0. The number of hydrogen-bond acceptors (Lipinski definition) is 1. The standard InChI is InChI=1S/C9H17.C6H11.C4H9N.C2H5.Nb/c1-3-9-6-4-5-8(2)7-9;1-2-4-6-5-3-1;1-4(2,3)5;1-2;/h4,8-9H,3,5-7H2,1-2H3;1H,2-6H2;1-3H3;1H2,2H3;/q2*-1;;-1;. The van der Waals surface area contributed by atoms with Crippen molar-refractivity contribution in [1.29, 1.82) is 0 Å². The minimum absolute atomic E-state index is 0.189. The summed E-state index contributed by atoms with van der Waals surface area (Å²) in [6.07, 6.45) is 17.5. The van der Waals surface area contributed by atoms with Gasteiger partial charge in [-0.05, 0) is 0 Å².